The molecule has 0 spiro atoms. The summed E-state index contributed by atoms with van der Waals surface area (Å²) in [6.45, 7) is 6.73. The highest BCUT2D eigenvalue weighted by molar-refractivity contribution is 5.21. The Bertz CT molecular complexity index is 601. The molecule has 0 saturated carbocycles. The third-order valence-corrected chi connectivity index (χ3v) is 4.00. The normalized spacial score (nSPS) is 12.6. The van der Waals surface area contributed by atoms with Gasteiger partial charge in [-0.1, -0.05) is 44.2 Å². The number of hydrogen-bond donors (Lipinski definition) is 1. The highest BCUT2D eigenvalue weighted by Gasteiger charge is 2.14. The molecule has 4 heteroatoms. The molecule has 0 bridgehead atoms. The first kappa shape index (κ1) is 19.4. The molecule has 25 heavy (non-hydrogen) atoms. The Hall–Kier alpha value is -1.91. The van der Waals surface area contributed by atoms with Gasteiger partial charge in [0.1, 0.15) is 24.3 Å². The van der Waals surface area contributed by atoms with Crippen LogP contribution in [0, 0.1) is 11.7 Å². The molecule has 0 aliphatic heterocycles. The van der Waals surface area contributed by atoms with Crippen LogP contribution >= 0.6 is 0 Å². The summed E-state index contributed by atoms with van der Waals surface area (Å²) in [7, 11) is 0. The Labute approximate surface area is 150 Å². The summed E-state index contributed by atoms with van der Waals surface area (Å²) < 4.78 is 18.7. The lowest BCUT2D eigenvalue weighted by Gasteiger charge is -2.26. The van der Waals surface area contributed by atoms with E-state index in [1.54, 1.807) is 12.1 Å². The lowest BCUT2D eigenvalue weighted by molar-refractivity contribution is 0.0639. The van der Waals surface area contributed by atoms with Crippen molar-refractivity contribution in [3.8, 4) is 5.75 Å². The molecule has 0 radical (unpaired) electrons. The van der Waals surface area contributed by atoms with Crippen LogP contribution in [0.3, 0.4) is 0 Å². The van der Waals surface area contributed by atoms with E-state index in [2.05, 4.69) is 18.7 Å². The largest absolute Gasteiger partial charge is 0.491 e. The van der Waals surface area contributed by atoms with Crippen molar-refractivity contribution in [2.45, 2.75) is 32.9 Å². The molecule has 0 fully saturated rings. The first-order valence-electron chi connectivity index (χ1n) is 8.85. The van der Waals surface area contributed by atoms with Gasteiger partial charge in [-0.3, -0.25) is 4.90 Å². The molecule has 0 aliphatic carbocycles. The maximum atomic E-state index is 13.1. The number of halogens is 1. The van der Waals surface area contributed by atoms with Gasteiger partial charge in [-0.15, -0.1) is 0 Å². The molecular formula is C21H28FNO2. The van der Waals surface area contributed by atoms with Crippen molar-refractivity contribution in [2.24, 2.45) is 5.92 Å². The zero-order valence-electron chi connectivity index (χ0n) is 15.1. The molecule has 136 valence electrons. The average molecular weight is 345 g/mol. The molecular weight excluding hydrogens is 317 g/mol. The monoisotopic (exact) mass is 345 g/mol. The van der Waals surface area contributed by atoms with Crippen molar-refractivity contribution in [3.05, 3.63) is 66.0 Å². The second kappa shape index (κ2) is 10.2. The molecule has 0 saturated heterocycles. The van der Waals surface area contributed by atoms with Gasteiger partial charge in [-0.2, -0.15) is 0 Å². The minimum Gasteiger partial charge on any atom is -0.491 e. The zero-order valence-corrected chi connectivity index (χ0v) is 15.1. The number of aliphatic hydroxyl groups excluding tert-OH is 1. The number of ether oxygens (including phenoxy) is 1. The Kier molecular flexibility index (Phi) is 7.89. The van der Waals surface area contributed by atoms with E-state index in [0.717, 1.165) is 24.3 Å². The number of benzene rings is 2. The predicted octanol–water partition coefficient (Wildman–Crippen LogP) is 4.11. The Morgan fingerprint density at radius 2 is 1.72 bits per heavy atom. The van der Waals surface area contributed by atoms with Gasteiger partial charge in [0.05, 0.1) is 0 Å². The average Bonchev–Trinajstić information content (AvgIpc) is 2.60. The lowest BCUT2D eigenvalue weighted by atomic mass is 10.1. The van der Waals surface area contributed by atoms with Crippen molar-refractivity contribution in [1.29, 1.82) is 0 Å². The van der Waals surface area contributed by atoms with E-state index in [4.69, 9.17) is 4.74 Å². The molecule has 0 amide bonds. The Morgan fingerprint density at radius 3 is 2.36 bits per heavy atom. The lowest BCUT2D eigenvalue weighted by Crippen LogP contribution is -2.36. The number of para-hydroxylation sites is 1. The van der Waals surface area contributed by atoms with Crippen LogP contribution in [0.4, 0.5) is 4.39 Å². The number of nitrogens with zero attached hydrogens (tertiary/aromatic N) is 1. The van der Waals surface area contributed by atoms with E-state index < -0.39 is 6.10 Å². The smallest absolute Gasteiger partial charge is 0.123 e. The van der Waals surface area contributed by atoms with Gasteiger partial charge in [0, 0.05) is 13.1 Å². The fourth-order valence-electron chi connectivity index (χ4n) is 2.58. The van der Waals surface area contributed by atoms with Gasteiger partial charge >= 0.3 is 0 Å². The van der Waals surface area contributed by atoms with Crippen LogP contribution in [0.15, 0.2) is 54.6 Å². The molecule has 2 rings (SSSR count). The fraction of sp³-hybridized carbons (Fsp3) is 0.429. The van der Waals surface area contributed by atoms with Gasteiger partial charge < -0.3 is 9.84 Å². The first-order valence-corrected chi connectivity index (χ1v) is 8.85. The topological polar surface area (TPSA) is 32.7 Å². The Balaban J connectivity index is 1.88. The minimum absolute atomic E-state index is 0.228. The maximum absolute atomic E-state index is 13.1. The fourth-order valence-corrected chi connectivity index (χ4v) is 2.58. The minimum atomic E-state index is -0.576. The SMILES string of the molecule is CC(C)CCN(Cc1ccc(F)cc1)CC(O)COc1ccccc1. The van der Waals surface area contributed by atoms with Crippen LogP contribution in [0.5, 0.6) is 5.75 Å². The van der Waals surface area contributed by atoms with Crippen LogP contribution in [0.25, 0.3) is 0 Å². The number of hydrogen-bond acceptors (Lipinski definition) is 3. The predicted molar refractivity (Wildman–Crippen MR) is 99.1 cm³/mol. The van der Waals surface area contributed by atoms with E-state index in [-0.39, 0.29) is 12.4 Å². The van der Waals surface area contributed by atoms with Gasteiger partial charge in [0.15, 0.2) is 0 Å². The molecule has 1 unspecified atom stereocenters. The molecule has 1 N–H and O–H groups in total. The highest BCUT2D eigenvalue weighted by Crippen LogP contribution is 2.12. The van der Waals surface area contributed by atoms with Gasteiger partial charge in [-0.05, 0) is 48.7 Å². The number of aliphatic hydroxyl groups is 1. The standard InChI is InChI=1S/C21H28FNO2/c1-17(2)12-13-23(14-18-8-10-19(22)11-9-18)15-20(24)16-25-21-6-4-3-5-7-21/h3-11,17,20,24H,12-16H2,1-2H3. The molecule has 1 atom stereocenters. The van der Waals surface area contributed by atoms with E-state index >= 15 is 0 Å². The third-order valence-electron chi connectivity index (χ3n) is 4.00. The summed E-state index contributed by atoms with van der Waals surface area (Å²) in [6, 6.07) is 16.0. The van der Waals surface area contributed by atoms with E-state index in [1.807, 2.05) is 30.3 Å². The van der Waals surface area contributed by atoms with Crippen LogP contribution in [0.1, 0.15) is 25.8 Å². The molecule has 0 heterocycles. The molecule has 0 aliphatic rings. The second-order valence-electron chi connectivity index (χ2n) is 6.82. The quantitative estimate of drug-likeness (QED) is 0.703. The molecule has 2 aromatic rings. The van der Waals surface area contributed by atoms with E-state index in [9.17, 15) is 9.50 Å². The molecule has 2 aromatic carbocycles. The zero-order chi connectivity index (χ0) is 18.1. The van der Waals surface area contributed by atoms with Crippen molar-refractivity contribution in [2.75, 3.05) is 19.7 Å². The Morgan fingerprint density at radius 1 is 1.04 bits per heavy atom. The van der Waals surface area contributed by atoms with Crippen molar-refractivity contribution >= 4 is 0 Å². The van der Waals surface area contributed by atoms with E-state index in [0.29, 0.717) is 19.0 Å². The summed E-state index contributed by atoms with van der Waals surface area (Å²) in [5.74, 6) is 1.12. The second-order valence-corrected chi connectivity index (χ2v) is 6.82. The van der Waals surface area contributed by atoms with E-state index in [1.165, 1.54) is 12.1 Å². The first-order chi connectivity index (χ1) is 12.0. The van der Waals surface area contributed by atoms with Crippen molar-refractivity contribution in [1.82, 2.24) is 4.90 Å². The molecule has 0 aromatic heterocycles. The summed E-state index contributed by atoms with van der Waals surface area (Å²) in [4.78, 5) is 2.20. The van der Waals surface area contributed by atoms with Crippen LogP contribution < -0.4 is 4.74 Å². The summed E-state index contributed by atoms with van der Waals surface area (Å²) in [5, 5.41) is 10.3. The summed E-state index contributed by atoms with van der Waals surface area (Å²) in [5.41, 5.74) is 1.04. The van der Waals surface area contributed by atoms with Gasteiger partial charge in [0.2, 0.25) is 0 Å². The van der Waals surface area contributed by atoms with Crippen LogP contribution in [-0.2, 0) is 6.54 Å². The van der Waals surface area contributed by atoms with Crippen molar-refractivity contribution in [3.63, 3.8) is 0 Å². The van der Waals surface area contributed by atoms with Crippen LogP contribution in [0.2, 0.25) is 0 Å². The summed E-state index contributed by atoms with van der Waals surface area (Å²) in [6.07, 6.45) is 0.473. The molecule has 3 nitrogen and oxygen atoms in total. The van der Waals surface area contributed by atoms with Gasteiger partial charge in [-0.25, -0.2) is 4.39 Å². The summed E-state index contributed by atoms with van der Waals surface area (Å²) >= 11 is 0. The van der Waals surface area contributed by atoms with Crippen LogP contribution in [-0.4, -0.2) is 35.8 Å². The van der Waals surface area contributed by atoms with Gasteiger partial charge in [0.25, 0.3) is 0 Å². The van der Waals surface area contributed by atoms with Crippen molar-refractivity contribution < 1.29 is 14.2 Å². The maximum Gasteiger partial charge on any atom is 0.123 e. The highest BCUT2D eigenvalue weighted by atomic mass is 19.1. The third kappa shape index (κ3) is 7.67. The number of rotatable bonds is 10.